The Bertz CT molecular complexity index is 1730. The first-order valence-corrected chi connectivity index (χ1v) is 13.7. The van der Waals surface area contributed by atoms with Crippen molar-refractivity contribution >= 4 is 23.1 Å². The topological polar surface area (TPSA) is 105 Å². The number of amides is 1. The van der Waals surface area contributed by atoms with Gasteiger partial charge in [-0.05, 0) is 48.6 Å². The van der Waals surface area contributed by atoms with Crippen LogP contribution in [0.5, 0.6) is 11.5 Å². The highest BCUT2D eigenvalue weighted by atomic mass is 19.1. The lowest BCUT2D eigenvalue weighted by molar-refractivity contribution is -0.118. The number of phenolic OH excluding ortho intramolecular Hbond substituents is 1. The summed E-state index contributed by atoms with van der Waals surface area (Å²) in [7, 11) is 0. The molecule has 9 heteroatoms. The van der Waals surface area contributed by atoms with E-state index in [9.17, 15) is 14.7 Å². The lowest BCUT2D eigenvalue weighted by Gasteiger charge is -2.37. The first-order valence-electron chi connectivity index (χ1n) is 13.7. The molecule has 0 unspecified atom stereocenters. The molecule has 1 atom stereocenters. The van der Waals surface area contributed by atoms with E-state index in [2.05, 4.69) is 10.5 Å². The maximum absolute atomic E-state index is 16.2. The summed E-state index contributed by atoms with van der Waals surface area (Å²) in [5, 5.41) is 18.1. The molecule has 42 heavy (non-hydrogen) atoms. The van der Waals surface area contributed by atoms with Crippen LogP contribution in [0.1, 0.15) is 60.1 Å². The highest BCUT2D eigenvalue weighted by Gasteiger charge is 2.45. The average molecular weight is 568 g/mol. The number of phenols is 1. The molecule has 1 aliphatic carbocycles. The lowest BCUT2D eigenvalue weighted by atomic mass is 9.73. The fraction of sp³-hybridized carbons (Fsp3) is 0.242. The van der Waals surface area contributed by atoms with Gasteiger partial charge in [0, 0.05) is 35.4 Å². The number of hydrogen-bond acceptors (Lipinski definition) is 7. The smallest absolute Gasteiger partial charge is 0.281 e. The van der Waals surface area contributed by atoms with E-state index in [0.29, 0.717) is 23.6 Å². The molecule has 8 nitrogen and oxygen atoms in total. The van der Waals surface area contributed by atoms with Crippen molar-refractivity contribution in [1.82, 2.24) is 5.16 Å². The summed E-state index contributed by atoms with van der Waals surface area (Å²) < 4.78 is 27.2. The molecule has 2 aliphatic rings. The summed E-state index contributed by atoms with van der Waals surface area (Å²) in [4.78, 5) is 29.4. The van der Waals surface area contributed by atoms with Gasteiger partial charge < -0.3 is 19.7 Å². The van der Waals surface area contributed by atoms with Gasteiger partial charge in [0.15, 0.2) is 11.5 Å². The van der Waals surface area contributed by atoms with E-state index in [1.807, 2.05) is 44.2 Å². The number of Topliss-reactive ketones (excluding diaryl/α,β-unsaturated/α-hetero) is 1. The van der Waals surface area contributed by atoms with Crippen molar-refractivity contribution in [1.29, 1.82) is 0 Å². The molecule has 0 bridgehead atoms. The quantitative estimate of drug-likeness (QED) is 0.254. The Morgan fingerprint density at radius 3 is 2.62 bits per heavy atom. The molecule has 2 N–H and O–H groups in total. The van der Waals surface area contributed by atoms with Gasteiger partial charge in [0.1, 0.15) is 35.4 Å². The van der Waals surface area contributed by atoms with Crippen LogP contribution in [0.3, 0.4) is 0 Å². The third kappa shape index (κ3) is 5.02. The lowest BCUT2D eigenvalue weighted by Crippen LogP contribution is -2.40. The highest BCUT2D eigenvalue weighted by Crippen LogP contribution is 2.51. The summed E-state index contributed by atoms with van der Waals surface area (Å²) in [6.45, 7) is 5.86. The number of rotatable bonds is 5. The molecule has 4 aromatic rings. The van der Waals surface area contributed by atoms with Crippen molar-refractivity contribution in [3.05, 3.63) is 112 Å². The standard InChI is InChI=1S/C33H30FN3O5/c1-19-14-24(36-42-19)32(40)37-26-10-7-11-27(38)30(26)35-25-16-33(2,3)17-28(39)29(25)31(37)22-13-12-21(15-23(22)34)41-18-20-8-5-4-6-9-20/h4-15,31,35,38H,16-18H2,1-3H3/t31-/m1/s1. The van der Waals surface area contributed by atoms with Crippen LogP contribution in [0.25, 0.3) is 0 Å². The van der Waals surface area contributed by atoms with Crippen molar-refractivity contribution in [2.45, 2.75) is 46.3 Å². The van der Waals surface area contributed by atoms with Gasteiger partial charge in [-0.3, -0.25) is 14.5 Å². The summed E-state index contributed by atoms with van der Waals surface area (Å²) in [5.74, 6) is -0.867. The van der Waals surface area contributed by atoms with Gasteiger partial charge in [0.25, 0.3) is 5.91 Å². The zero-order valence-corrected chi connectivity index (χ0v) is 23.5. The van der Waals surface area contributed by atoms with Crippen LogP contribution in [-0.2, 0) is 11.4 Å². The fourth-order valence-corrected chi connectivity index (χ4v) is 5.71. The summed E-state index contributed by atoms with van der Waals surface area (Å²) in [6.07, 6.45) is 0.653. The maximum Gasteiger partial charge on any atom is 0.281 e. The number of para-hydroxylation sites is 1. The van der Waals surface area contributed by atoms with E-state index in [1.165, 1.54) is 23.1 Å². The molecular weight excluding hydrogens is 537 g/mol. The molecule has 1 aliphatic heterocycles. The number of hydrogen-bond donors (Lipinski definition) is 2. The minimum Gasteiger partial charge on any atom is -0.506 e. The van der Waals surface area contributed by atoms with Crippen LogP contribution in [0.15, 0.2) is 88.6 Å². The Morgan fingerprint density at radius 2 is 1.90 bits per heavy atom. The predicted molar refractivity (Wildman–Crippen MR) is 155 cm³/mol. The van der Waals surface area contributed by atoms with Crippen LogP contribution in [0, 0.1) is 18.2 Å². The Kier molecular flexibility index (Phi) is 6.80. The van der Waals surface area contributed by atoms with E-state index < -0.39 is 23.2 Å². The van der Waals surface area contributed by atoms with Gasteiger partial charge in [-0.2, -0.15) is 0 Å². The van der Waals surface area contributed by atoms with Crippen molar-refractivity contribution < 1.29 is 28.3 Å². The van der Waals surface area contributed by atoms with E-state index in [0.717, 1.165) is 5.56 Å². The van der Waals surface area contributed by atoms with Gasteiger partial charge in [0.2, 0.25) is 0 Å². The molecule has 0 saturated heterocycles. The summed E-state index contributed by atoms with van der Waals surface area (Å²) in [6, 6.07) is 19.0. The molecular formula is C33H30FN3O5. The molecule has 1 aromatic heterocycles. The Balaban J connectivity index is 1.52. The number of carbonyl (C=O) groups is 2. The first-order chi connectivity index (χ1) is 20.1. The Labute approximate surface area is 242 Å². The average Bonchev–Trinajstić information content (AvgIpc) is 3.32. The number of nitrogens with one attached hydrogen (secondary N) is 1. The van der Waals surface area contributed by atoms with Crippen LogP contribution >= 0.6 is 0 Å². The second kappa shape index (κ2) is 10.5. The zero-order chi connectivity index (χ0) is 29.6. The molecule has 0 spiro atoms. The molecule has 214 valence electrons. The van der Waals surface area contributed by atoms with Crippen LogP contribution < -0.4 is 15.0 Å². The summed E-state index contributed by atoms with van der Waals surface area (Å²) in [5.41, 5.74) is 1.93. The largest absolute Gasteiger partial charge is 0.506 e. The first kappa shape index (κ1) is 27.3. The molecule has 6 rings (SSSR count). The number of aromatic hydroxyl groups is 1. The highest BCUT2D eigenvalue weighted by molar-refractivity contribution is 6.11. The maximum atomic E-state index is 16.2. The third-order valence-electron chi connectivity index (χ3n) is 7.59. The van der Waals surface area contributed by atoms with Crippen LogP contribution in [0.4, 0.5) is 15.8 Å². The van der Waals surface area contributed by atoms with Gasteiger partial charge >= 0.3 is 0 Å². The number of carbonyl (C=O) groups excluding carboxylic acids is 2. The monoisotopic (exact) mass is 567 g/mol. The van der Waals surface area contributed by atoms with Gasteiger partial charge in [-0.1, -0.05) is 55.4 Å². The number of halogens is 1. The molecule has 3 aromatic carbocycles. The predicted octanol–water partition coefficient (Wildman–Crippen LogP) is 6.86. The molecule has 2 heterocycles. The number of ether oxygens (including phenoxy) is 1. The number of anilines is 2. The van der Waals surface area contributed by atoms with E-state index in [4.69, 9.17) is 9.26 Å². The number of nitrogens with zero attached hydrogens (tertiary/aromatic N) is 2. The molecule has 0 saturated carbocycles. The van der Waals surface area contributed by atoms with Crippen molar-refractivity contribution in [2.75, 3.05) is 10.2 Å². The molecule has 1 amide bonds. The van der Waals surface area contributed by atoms with Gasteiger partial charge in [-0.15, -0.1) is 0 Å². The minimum atomic E-state index is -1.16. The number of ketones is 1. The van der Waals surface area contributed by atoms with Gasteiger partial charge in [0.05, 0.1) is 11.7 Å². The normalized spacial score (nSPS) is 17.7. The Hall–Kier alpha value is -4.92. The van der Waals surface area contributed by atoms with E-state index >= 15 is 4.39 Å². The number of benzene rings is 3. The fourth-order valence-electron chi connectivity index (χ4n) is 5.71. The number of allylic oxidation sites excluding steroid dienone is 1. The zero-order valence-electron chi connectivity index (χ0n) is 23.5. The van der Waals surface area contributed by atoms with Crippen molar-refractivity contribution in [3.8, 4) is 11.5 Å². The number of aromatic nitrogens is 1. The number of fused-ring (bicyclic) bond motifs is 1. The van der Waals surface area contributed by atoms with Crippen molar-refractivity contribution in [3.63, 3.8) is 0 Å². The SMILES string of the molecule is Cc1cc(C(=O)N2c3cccc(O)c3NC3=C(C(=O)CC(C)(C)C3)[C@H]2c2ccc(OCc3ccccc3)cc2F)no1. The van der Waals surface area contributed by atoms with Crippen molar-refractivity contribution in [2.24, 2.45) is 5.41 Å². The van der Waals surface area contributed by atoms with E-state index in [1.54, 1.807) is 31.2 Å². The molecule has 0 fully saturated rings. The second-order valence-electron chi connectivity index (χ2n) is 11.5. The molecule has 0 radical (unpaired) electrons. The Morgan fingerprint density at radius 1 is 1.12 bits per heavy atom. The summed E-state index contributed by atoms with van der Waals surface area (Å²) >= 11 is 0. The minimum absolute atomic E-state index is 0.0114. The van der Waals surface area contributed by atoms with E-state index in [-0.39, 0.29) is 52.8 Å². The van der Waals surface area contributed by atoms with Crippen LogP contribution in [0.2, 0.25) is 0 Å². The van der Waals surface area contributed by atoms with Gasteiger partial charge in [-0.25, -0.2) is 4.39 Å². The van der Waals surface area contributed by atoms with Crippen LogP contribution in [-0.4, -0.2) is 22.0 Å². The third-order valence-corrected chi connectivity index (χ3v) is 7.59. The number of aryl methyl sites for hydroxylation is 1. The second-order valence-corrected chi connectivity index (χ2v) is 11.5.